The van der Waals surface area contributed by atoms with E-state index in [2.05, 4.69) is 10.3 Å². The van der Waals surface area contributed by atoms with Gasteiger partial charge in [-0.3, -0.25) is 19.1 Å². The maximum absolute atomic E-state index is 13.5. The molecule has 2 aromatic carbocycles. The van der Waals surface area contributed by atoms with E-state index in [1.54, 1.807) is 10.8 Å². The number of benzene rings is 2. The number of fused-ring (bicyclic) bond motifs is 3. The van der Waals surface area contributed by atoms with Crippen LogP contribution in [0.15, 0.2) is 53.5 Å². The standard InChI is InChI=1S/C24H24FN3O2/c1-24(2,3)27-22(29)19-14-26-13-12-18-17-6-4-5-7-20(17)28(21(18)19)23(30)15-8-10-16(25)11-9-15/h4-11,14,19H,12-13H2,1-3H3,(H,27,29). The summed E-state index contributed by atoms with van der Waals surface area (Å²) < 4.78 is 15.0. The molecule has 0 saturated carbocycles. The fraction of sp³-hybridized carbons (Fsp3) is 0.292. The predicted octanol–water partition coefficient (Wildman–Crippen LogP) is 4.09. The summed E-state index contributed by atoms with van der Waals surface area (Å²) in [5.74, 6) is -1.60. The van der Waals surface area contributed by atoms with Crippen molar-refractivity contribution in [2.45, 2.75) is 38.6 Å². The van der Waals surface area contributed by atoms with E-state index in [4.69, 9.17) is 0 Å². The normalized spacial score (nSPS) is 16.2. The number of nitrogens with one attached hydrogen (secondary N) is 1. The SMILES string of the molecule is CC(C)(C)NC(=O)C1C=NCCc2c1n(C(=O)c1ccc(F)cc1)c1ccccc21. The Morgan fingerprint density at radius 2 is 1.80 bits per heavy atom. The van der Waals surface area contributed by atoms with Crippen molar-refractivity contribution >= 4 is 28.9 Å². The molecule has 1 amide bonds. The van der Waals surface area contributed by atoms with Gasteiger partial charge in [0.25, 0.3) is 5.91 Å². The maximum Gasteiger partial charge on any atom is 0.262 e. The summed E-state index contributed by atoms with van der Waals surface area (Å²) in [6.07, 6.45) is 2.27. The second-order valence-corrected chi connectivity index (χ2v) is 8.55. The Morgan fingerprint density at radius 3 is 2.50 bits per heavy atom. The fourth-order valence-electron chi connectivity index (χ4n) is 3.92. The molecule has 154 valence electrons. The number of nitrogens with zero attached hydrogens (tertiary/aromatic N) is 2. The van der Waals surface area contributed by atoms with Crippen LogP contribution in [-0.4, -0.2) is 34.7 Å². The second kappa shape index (κ2) is 7.52. The molecular formula is C24H24FN3O2. The zero-order valence-electron chi connectivity index (χ0n) is 17.3. The van der Waals surface area contributed by atoms with Crippen molar-refractivity contribution in [3.05, 3.63) is 71.2 Å². The summed E-state index contributed by atoms with van der Waals surface area (Å²) in [6.45, 7) is 6.29. The number of carbonyl (C=O) groups is 2. The first-order valence-corrected chi connectivity index (χ1v) is 10.0. The third kappa shape index (κ3) is 3.65. The second-order valence-electron chi connectivity index (χ2n) is 8.55. The molecule has 5 nitrogen and oxygen atoms in total. The maximum atomic E-state index is 13.5. The smallest absolute Gasteiger partial charge is 0.262 e. The summed E-state index contributed by atoms with van der Waals surface area (Å²) in [4.78, 5) is 31.1. The third-order valence-corrected chi connectivity index (χ3v) is 5.14. The van der Waals surface area contributed by atoms with Crippen LogP contribution >= 0.6 is 0 Å². The summed E-state index contributed by atoms with van der Waals surface area (Å²) in [7, 11) is 0. The molecule has 3 aromatic rings. The number of halogens is 1. The Labute approximate surface area is 174 Å². The first-order valence-electron chi connectivity index (χ1n) is 10.0. The van der Waals surface area contributed by atoms with Gasteiger partial charge < -0.3 is 5.32 Å². The van der Waals surface area contributed by atoms with Gasteiger partial charge in [0.15, 0.2) is 0 Å². The van der Waals surface area contributed by atoms with Crippen LogP contribution in [0, 0.1) is 5.82 Å². The highest BCUT2D eigenvalue weighted by Gasteiger charge is 2.33. The van der Waals surface area contributed by atoms with Gasteiger partial charge in [-0.25, -0.2) is 4.39 Å². The number of amides is 1. The highest BCUT2D eigenvalue weighted by atomic mass is 19.1. The van der Waals surface area contributed by atoms with Crippen molar-refractivity contribution in [3.63, 3.8) is 0 Å². The molecule has 2 heterocycles. The lowest BCUT2D eigenvalue weighted by Gasteiger charge is -2.24. The van der Waals surface area contributed by atoms with Gasteiger partial charge in [-0.2, -0.15) is 0 Å². The van der Waals surface area contributed by atoms with E-state index >= 15 is 0 Å². The average Bonchev–Trinajstić information content (AvgIpc) is 2.85. The van der Waals surface area contributed by atoms with Crippen LogP contribution in [-0.2, 0) is 11.2 Å². The quantitative estimate of drug-likeness (QED) is 0.698. The molecule has 0 spiro atoms. The molecule has 1 atom stereocenters. The Hall–Kier alpha value is -3.28. The molecule has 0 aliphatic carbocycles. The zero-order chi connectivity index (χ0) is 21.5. The lowest BCUT2D eigenvalue weighted by Crippen LogP contribution is -2.44. The van der Waals surface area contributed by atoms with E-state index in [-0.39, 0.29) is 11.8 Å². The molecule has 0 radical (unpaired) electrons. The van der Waals surface area contributed by atoms with Crippen LogP contribution in [0.25, 0.3) is 10.9 Å². The predicted molar refractivity (Wildman–Crippen MR) is 116 cm³/mol. The molecule has 0 saturated heterocycles. The molecule has 30 heavy (non-hydrogen) atoms. The number of aromatic nitrogens is 1. The number of hydrogen-bond acceptors (Lipinski definition) is 3. The van der Waals surface area contributed by atoms with E-state index in [1.807, 2.05) is 45.0 Å². The van der Waals surface area contributed by atoms with Crippen LogP contribution < -0.4 is 5.32 Å². The number of para-hydroxylation sites is 1. The molecule has 0 bridgehead atoms. The van der Waals surface area contributed by atoms with Crippen LogP contribution in [0.3, 0.4) is 0 Å². The summed E-state index contributed by atoms with van der Waals surface area (Å²) in [6, 6.07) is 13.1. The van der Waals surface area contributed by atoms with Gasteiger partial charge in [-0.1, -0.05) is 18.2 Å². The minimum Gasteiger partial charge on any atom is -0.351 e. The van der Waals surface area contributed by atoms with Gasteiger partial charge in [0.05, 0.1) is 5.52 Å². The highest BCUT2D eigenvalue weighted by Crippen LogP contribution is 2.34. The van der Waals surface area contributed by atoms with E-state index in [1.165, 1.54) is 24.3 Å². The van der Waals surface area contributed by atoms with Gasteiger partial charge >= 0.3 is 0 Å². The molecule has 1 N–H and O–H groups in total. The van der Waals surface area contributed by atoms with Crippen molar-refractivity contribution in [1.82, 2.24) is 9.88 Å². The van der Waals surface area contributed by atoms with E-state index in [0.29, 0.717) is 24.2 Å². The van der Waals surface area contributed by atoms with Crippen molar-refractivity contribution in [1.29, 1.82) is 0 Å². The van der Waals surface area contributed by atoms with Crippen LogP contribution in [0.1, 0.15) is 48.3 Å². The molecule has 1 aliphatic heterocycles. The molecule has 4 rings (SSSR count). The summed E-state index contributed by atoms with van der Waals surface area (Å²) >= 11 is 0. The topological polar surface area (TPSA) is 63.5 Å². The molecule has 1 aliphatic rings. The zero-order valence-corrected chi connectivity index (χ0v) is 17.3. The van der Waals surface area contributed by atoms with Crippen LogP contribution in [0.4, 0.5) is 4.39 Å². The fourth-order valence-corrected chi connectivity index (χ4v) is 3.92. The Kier molecular flexibility index (Phi) is 5.02. The molecule has 0 fully saturated rings. The lowest BCUT2D eigenvalue weighted by molar-refractivity contribution is -0.122. The Balaban J connectivity index is 1.94. The van der Waals surface area contributed by atoms with Gasteiger partial charge in [0.1, 0.15) is 11.7 Å². The first kappa shape index (κ1) is 20.0. The van der Waals surface area contributed by atoms with Gasteiger partial charge in [0.2, 0.25) is 5.91 Å². The van der Waals surface area contributed by atoms with Crippen LogP contribution in [0.5, 0.6) is 0 Å². The van der Waals surface area contributed by atoms with Crippen molar-refractivity contribution in [2.75, 3.05) is 6.54 Å². The van der Waals surface area contributed by atoms with Gasteiger partial charge in [-0.05, 0) is 63.1 Å². The van der Waals surface area contributed by atoms with E-state index in [9.17, 15) is 14.0 Å². The molecule has 1 unspecified atom stereocenters. The number of carbonyl (C=O) groups excluding carboxylic acids is 2. The third-order valence-electron chi connectivity index (χ3n) is 5.14. The number of aliphatic imine (C=N–C) groups is 1. The number of rotatable bonds is 2. The van der Waals surface area contributed by atoms with E-state index < -0.39 is 17.3 Å². The van der Waals surface area contributed by atoms with Crippen molar-refractivity contribution in [2.24, 2.45) is 4.99 Å². The van der Waals surface area contributed by atoms with Gasteiger partial charge in [-0.15, -0.1) is 0 Å². The number of hydrogen-bond donors (Lipinski definition) is 1. The van der Waals surface area contributed by atoms with E-state index in [0.717, 1.165) is 16.5 Å². The molecule has 6 heteroatoms. The monoisotopic (exact) mass is 405 g/mol. The largest absolute Gasteiger partial charge is 0.351 e. The van der Waals surface area contributed by atoms with Gasteiger partial charge in [0, 0.05) is 34.9 Å². The molecule has 1 aromatic heterocycles. The lowest BCUT2D eigenvalue weighted by atomic mass is 9.97. The Morgan fingerprint density at radius 1 is 1.10 bits per heavy atom. The van der Waals surface area contributed by atoms with Crippen LogP contribution in [0.2, 0.25) is 0 Å². The molecular weight excluding hydrogens is 381 g/mol. The summed E-state index contributed by atoms with van der Waals surface area (Å²) in [5, 5.41) is 3.94. The van der Waals surface area contributed by atoms with Crippen molar-refractivity contribution in [3.8, 4) is 0 Å². The first-order chi connectivity index (χ1) is 14.3. The highest BCUT2D eigenvalue weighted by molar-refractivity contribution is 6.08. The minimum absolute atomic E-state index is 0.203. The Bertz CT molecular complexity index is 1150. The summed E-state index contributed by atoms with van der Waals surface area (Å²) in [5.41, 5.74) is 2.26. The van der Waals surface area contributed by atoms with Crippen molar-refractivity contribution < 1.29 is 14.0 Å². The minimum atomic E-state index is -0.696. The average molecular weight is 405 g/mol.